The van der Waals surface area contributed by atoms with Gasteiger partial charge in [-0.1, -0.05) is 6.42 Å². The molecule has 0 aromatic carbocycles. The second-order valence-corrected chi connectivity index (χ2v) is 9.56. The van der Waals surface area contributed by atoms with Crippen molar-refractivity contribution in [2.75, 3.05) is 42.3 Å². The van der Waals surface area contributed by atoms with Crippen molar-refractivity contribution in [3.8, 4) is 0 Å². The minimum atomic E-state index is 0.209. The quantitative estimate of drug-likeness (QED) is 0.371. The molecule has 1 saturated heterocycles. The van der Waals surface area contributed by atoms with Gasteiger partial charge in [0, 0.05) is 50.0 Å². The summed E-state index contributed by atoms with van der Waals surface area (Å²) >= 11 is 0. The largest absolute Gasteiger partial charge is 0.381 e. The van der Waals surface area contributed by atoms with Crippen LogP contribution in [0, 0.1) is 5.92 Å². The zero-order valence-corrected chi connectivity index (χ0v) is 19.7. The van der Waals surface area contributed by atoms with Crippen LogP contribution in [0.3, 0.4) is 0 Å². The van der Waals surface area contributed by atoms with Crippen molar-refractivity contribution >= 4 is 29.2 Å². The van der Waals surface area contributed by atoms with Crippen molar-refractivity contribution in [3.63, 3.8) is 0 Å². The lowest BCUT2D eigenvalue weighted by Crippen LogP contribution is -2.35. The highest BCUT2D eigenvalue weighted by Crippen LogP contribution is 2.42. The third-order valence-corrected chi connectivity index (χ3v) is 6.85. The summed E-state index contributed by atoms with van der Waals surface area (Å²) in [6.07, 6.45) is 12.2. The maximum absolute atomic E-state index is 12.0. The van der Waals surface area contributed by atoms with Crippen molar-refractivity contribution in [2.45, 2.75) is 63.3 Å². The summed E-state index contributed by atoms with van der Waals surface area (Å²) in [4.78, 5) is 25.8. The Hall–Kier alpha value is -2.94. The molecule has 2 aliphatic carbocycles. The van der Waals surface area contributed by atoms with Gasteiger partial charge in [0.1, 0.15) is 11.6 Å². The molecule has 0 radical (unpaired) electrons. The van der Waals surface area contributed by atoms with Gasteiger partial charge in [-0.15, -0.1) is 0 Å². The molecule has 3 fully saturated rings. The van der Waals surface area contributed by atoms with E-state index in [-0.39, 0.29) is 11.8 Å². The van der Waals surface area contributed by atoms with Crippen LogP contribution in [0.1, 0.15) is 62.8 Å². The van der Waals surface area contributed by atoms with E-state index >= 15 is 0 Å². The van der Waals surface area contributed by atoms with Crippen LogP contribution in [0.25, 0.3) is 0 Å². The topological polar surface area (TPSA) is 113 Å². The molecule has 0 bridgehead atoms. The molecule has 9 nitrogen and oxygen atoms in total. The molecule has 0 unspecified atom stereocenters. The van der Waals surface area contributed by atoms with Crippen LogP contribution in [0.4, 0.5) is 23.3 Å². The Labute approximate surface area is 200 Å². The Kier molecular flexibility index (Phi) is 7.38. The third kappa shape index (κ3) is 6.14. The molecule has 5 rings (SSSR count). The van der Waals surface area contributed by atoms with E-state index in [2.05, 4.69) is 31.2 Å². The molecular weight excluding hydrogens is 430 g/mol. The minimum absolute atomic E-state index is 0.209. The number of aromatic nitrogens is 3. The van der Waals surface area contributed by atoms with E-state index in [0.29, 0.717) is 24.5 Å². The van der Waals surface area contributed by atoms with Gasteiger partial charge in [-0.2, -0.15) is 4.98 Å². The lowest BCUT2D eigenvalue weighted by Gasteiger charge is -2.24. The lowest BCUT2D eigenvalue weighted by molar-refractivity contribution is -0.127. The molecule has 34 heavy (non-hydrogen) atoms. The van der Waals surface area contributed by atoms with Crippen molar-refractivity contribution in [2.24, 2.45) is 5.92 Å². The van der Waals surface area contributed by atoms with Crippen molar-refractivity contribution in [1.82, 2.24) is 20.3 Å². The Morgan fingerprint density at radius 2 is 1.85 bits per heavy atom. The summed E-state index contributed by atoms with van der Waals surface area (Å²) in [5.41, 5.74) is 2.03. The summed E-state index contributed by atoms with van der Waals surface area (Å²) < 4.78 is 5.41. The second kappa shape index (κ2) is 11.0. The second-order valence-electron chi connectivity index (χ2n) is 9.56. The number of nitrogens with one attached hydrogen (secondary N) is 4. The first-order valence-electron chi connectivity index (χ1n) is 12.7. The van der Waals surface area contributed by atoms with Gasteiger partial charge in [0.05, 0.1) is 11.9 Å². The lowest BCUT2D eigenvalue weighted by atomic mass is 9.85. The molecular formula is C25H35N7O2. The van der Waals surface area contributed by atoms with Gasteiger partial charge < -0.3 is 26.0 Å². The third-order valence-electron chi connectivity index (χ3n) is 6.85. The number of rotatable bonds is 11. The van der Waals surface area contributed by atoms with Crippen molar-refractivity contribution in [3.05, 3.63) is 30.1 Å². The average Bonchev–Trinajstić information content (AvgIpc) is 3.65. The van der Waals surface area contributed by atoms with Gasteiger partial charge in [0.25, 0.3) is 0 Å². The monoisotopic (exact) mass is 465 g/mol. The van der Waals surface area contributed by atoms with Crippen LogP contribution in [0.5, 0.6) is 0 Å². The number of ether oxygens (including phenoxy) is 1. The number of anilines is 4. The number of amides is 1. The zero-order valence-electron chi connectivity index (χ0n) is 19.7. The van der Waals surface area contributed by atoms with Gasteiger partial charge in [-0.3, -0.25) is 4.79 Å². The molecule has 3 heterocycles. The summed E-state index contributed by atoms with van der Waals surface area (Å²) in [7, 11) is 0. The Bertz CT molecular complexity index is 954. The predicted octanol–water partition coefficient (Wildman–Crippen LogP) is 3.80. The van der Waals surface area contributed by atoms with Crippen LogP contribution < -0.4 is 21.3 Å². The average molecular weight is 466 g/mol. The van der Waals surface area contributed by atoms with E-state index in [1.807, 2.05) is 18.3 Å². The minimum Gasteiger partial charge on any atom is -0.381 e. The highest BCUT2D eigenvalue weighted by atomic mass is 16.5. The number of carbonyl (C=O) groups is 1. The molecule has 0 atom stereocenters. The molecule has 1 amide bonds. The van der Waals surface area contributed by atoms with Crippen molar-refractivity contribution in [1.29, 1.82) is 0 Å². The molecule has 0 spiro atoms. The van der Waals surface area contributed by atoms with Crippen LogP contribution in [-0.4, -0.2) is 53.2 Å². The van der Waals surface area contributed by atoms with Gasteiger partial charge >= 0.3 is 0 Å². The smallest absolute Gasteiger partial charge is 0.229 e. The number of hydrogen-bond donors (Lipinski definition) is 4. The highest BCUT2D eigenvalue weighted by molar-refractivity contribution is 5.79. The predicted molar refractivity (Wildman–Crippen MR) is 132 cm³/mol. The standard InChI is InChI=1S/C25H35N7O2/c33-24(18-3-1-4-18)27-12-2-11-26-23-21(17-5-6-17)16-29-25(32-23)31-20-7-8-22(28-15-20)30-19-9-13-34-14-10-19/h7-8,15-19H,1-6,9-14H2,(H,27,33)(H,28,30)(H2,26,29,31,32). The fourth-order valence-corrected chi connectivity index (χ4v) is 4.34. The SMILES string of the molecule is O=C(NCCCNc1nc(Nc2ccc(NC3CCOCC3)nc2)ncc1C1CC1)C1CCC1. The summed E-state index contributed by atoms with van der Waals surface area (Å²) in [5, 5.41) is 13.3. The Balaban J connectivity index is 1.13. The number of hydrogen-bond acceptors (Lipinski definition) is 8. The van der Waals surface area contributed by atoms with E-state index in [0.717, 1.165) is 69.2 Å². The molecule has 3 aliphatic rings. The fourth-order valence-electron chi connectivity index (χ4n) is 4.34. The molecule has 2 saturated carbocycles. The van der Waals surface area contributed by atoms with E-state index in [4.69, 9.17) is 9.72 Å². The van der Waals surface area contributed by atoms with Crippen LogP contribution in [0.15, 0.2) is 24.5 Å². The first-order valence-corrected chi connectivity index (χ1v) is 12.7. The summed E-state index contributed by atoms with van der Waals surface area (Å²) in [5.74, 6) is 3.31. The molecule has 9 heteroatoms. The van der Waals surface area contributed by atoms with Crippen LogP contribution in [0.2, 0.25) is 0 Å². The van der Waals surface area contributed by atoms with E-state index < -0.39 is 0 Å². The van der Waals surface area contributed by atoms with E-state index in [1.165, 1.54) is 24.8 Å². The fraction of sp³-hybridized carbons (Fsp3) is 0.600. The number of pyridine rings is 1. The molecule has 1 aliphatic heterocycles. The first kappa shape index (κ1) is 22.8. The summed E-state index contributed by atoms with van der Waals surface area (Å²) in [6.45, 7) is 3.06. The number of carbonyl (C=O) groups excluding carboxylic acids is 1. The molecule has 4 N–H and O–H groups in total. The van der Waals surface area contributed by atoms with Gasteiger partial charge in [-0.05, 0) is 63.0 Å². The van der Waals surface area contributed by atoms with Crippen LogP contribution in [-0.2, 0) is 9.53 Å². The molecule has 182 valence electrons. The maximum atomic E-state index is 12.0. The number of nitrogens with zero attached hydrogens (tertiary/aromatic N) is 3. The Morgan fingerprint density at radius 3 is 2.56 bits per heavy atom. The normalized spacial score (nSPS) is 18.7. The van der Waals surface area contributed by atoms with Gasteiger partial charge in [-0.25, -0.2) is 9.97 Å². The molecule has 2 aromatic rings. The molecule has 2 aromatic heterocycles. The van der Waals surface area contributed by atoms with Crippen LogP contribution >= 0.6 is 0 Å². The highest BCUT2D eigenvalue weighted by Gasteiger charge is 2.28. The zero-order chi connectivity index (χ0) is 23.2. The summed E-state index contributed by atoms with van der Waals surface area (Å²) in [6, 6.07) is 4.39. The van der Waals surface area contributed by atoms with Gasteiger partial charge in [0.2, 0.25) is 11.9 Å². The van der Waals surface area contributed by atoms with Crippen molar-refractivity contribution < 1.29 is 9.53 Å². The van der Waals surface area contributed by atoms with E-state index in [1.54, 1.807) is 6.20 Å². The Morgan fingerprint density at radius 1 is 1.00 bits per heavy atom. The first-order chi connectivity index (χ1) is 16.7. The van der Waals surface area contributed by atoms with E-state index in [9.17, 15) is 4.79 Å². The maximum Gasteiger partial charge on any atom is 0.229 e. The van der Waals surface area contributed by atoms with Gasteiger partial charge in [0.15, 0.2) is 0 Å².